The number of amides is 1. The topological polar surface area (TPSA) is 91.5 Å². The highest BCUT2D eigenvalue weighted by Crippen LogP contribution is 2.28. The molecule has 0 atom stereocenters. The Balaban J connectivity index is 1.86. The average molecular weight is 406 g/mol. The first kappa shape index (κ1) is 20.4. The van der Waals surface area contributed by atoms with E-state index in [1.165, 1.54) is 0 Å². The average Bonchev–Trinajstić information content (AvgIpc) is 2.85. The van der Waals surface area contributed by atoms with E-state index in [2.05, 4.69) is 10.3 Å². The number of anilines is 1. The van der Waals surface area contributed by atoms with Gasteiger partial charge in [-0.1, -0.05) is 12.8 Å². The molecular weight excluding hydrogens is 378 g/mol. The van der Waals surface area contributed by atoms with Crippen molar-refractivity contribution in [3.05, 3.63) is 41.2 Å². The van der Waals surface area contributed by atoms with Gasteiger partial charge in [-0.3, -0.25) is 4.79 Å². The summed E-state index contributed by atoms with van der Waals surface area (Å²) < 4.78 is 33.1. The third-order valence-corrected chi connectivity index (χ3v) is 7.28. The van der Waals surface area contributed by atoms with E-state index in [1.54, 1.807) is 49.5 Å². The molecular formula is C20H27N3O4S. The number of ether oxygens (including phenoxy) is 1. The van der Waals surface area contributed by atoms with Gasteiger partial charge >= 0.3 is 0 Å². The van der Waals surface area contributed by atoms with Crippen molar-refractivity contribution in [3.8, 4) is 5.75 Å². The first-order valence-electron chi connectivity index (χ1n) is 9.49. The second-order valence-corrected chi connectivity index (χ2v) is 8.95. The number of carbonyl (C=O) groups excluding carboxylic acids is 1. The molecule has 1 amide bonds. The Bertz CT molecular complexity index is 941. The molecule has 2 aromatic rings. The van der Waals surface area contributed by atoms with Gasteiger partial charge in [0.2, 0.25) is 10.0 Å². The lowest BCUT2D eigenvalue weighted by molar-refractivity contribution is 0.102. The van der Waals surface area contributed by atoms with Gasteiger partial charge in [-0.25, -0.2) is 8.42 Å². The number of H-pyrrole nitrogens is 1. The predicted molar refractivity (Wildman–Crippen MR) is 108 cm³/mol. The SMILES string of the molecule is COc1ccc(NC(=O)c2[nH]c(C)c(S(=O)(=O)N3CCCCCC3)c2C)cc1. The molecule has 1 aromatic heterocycles. The van der Waals surface area contributed by atoms with Gasteiger partial charge in [-0.15, -0.1) is 0 Å². The van der Waals surface area contributed by atoms with E-state index in [9.17, 15) is 13.2 Å². The van der Waals surface area contributed by atoms with Crippen LogP contribution in [-0.2, 0) is 10.0 Å². The van der Waals surface area contributed by atoms with Gasteiger partial charge in [-0.05, 0) is 56.5 Å². The molecule has 0 radical (unpaired) electrons. The van der Waals surface area contributed by atoms with Crippen molar-refractivity contribution in [2.45, 2.75) is 44.4 Å². The van der Waals surface area contributed by atoms with Gasteiger partial charge in [0.25, 0.3) is 5.91 Å². The van der Waals surface area contributed by atoms with Crippen LogP contribution in [0.5, 0.6) is 5.75 Å². The Labute approximate surface area is 166 Å². The molecule has 0 spiro atoms. The summed E-state index contributed by atoms with van der Waals surface area (Å²) in [7, 11) is -2.06. The van der Waals surface area contributed by atoms with E-state index in [1.807, 2.05) is 0 Å². The molecule has 1 fully saturated rings. The van der Waals surface area contributed by atoms with E-state index in [4.69, 9.17) is 4.74 Å². The summed E-state index contributed by atoms with van der Waals surface area (Å²) in [5, 5.41) is 2.80. The lowest BCUT2D eigenvalue weighted by Crippen LogP contribution is -2.32. The molecule has 8 heteroatoms. The lowest BCUT2D eigenvalue weighted by atomic mass is 10.2. The molecule has 0 aliphatic carbocycles. The zero-order chi connectivity index (χ0) is 20.3. The van der Waals surface area contributed by atoms with Crippen molar-refractivity contribution in [2.75, 3.05) is 25.5 Å². The fourth-order valence-corrected chi connectivity index (χ4v) is 5.55. The second kappa shape index (κ2) is 8.36. The van der Waals surface area contributed by atoms with Gasteiger partial charge in [0.15, 0.2) is 0 Å². The summed E-state index contributed by atoms with van der Waals surface area (Å²) >= 11 is 0. The third kappa shape index (κ3) is 4.07. The van der Waals surface area contributed by atoms with Crippen molar-refractivity contribution < 1.29 is 17.9 Å². The summed E-state index contributed by atoms with van der Waals surface area (Å²) in [5.74, 6) is 0.318. The molecule has 0 saturated carbocycles. The van der Waals surface area contributed by atoms with Crippen molar-refractivity contribution in [1.29, 1.82) is 0 Å². The number of aromatic amines is 1. The minimum atomic E-state index is -3.64. The van der Waals surface area contributed by atoms with E-state index >= 15 is 0 Å². The standard InChI is InChI=1S/C20H27N3O4S/c1-14-18(20(24)22-16-8-10-17(27-3)11-9-16)21-15(2)19(14)28(25,26)23-12-6-4-5-7-13-23/h8-11,21H,4-7,12-13H2,1-3H3,(H,22,24). The lowest BCUT2D eigenvalue weighted by Gasteiger charge is -2.20. The summed E-state index contributed by atoms with van der Waals surface area (Å²) in [4.78, 5) is 15.9. The maximum absolute atomic E-state index is 13.2. The maximum atomic E-state index is 13.2. The van der Waals surface area contributed by atoms with Crippen molar-refractivity contribution in [1.82, 2.24) is 9.29 Å². The number of aromatic nitrogens is 1. The molecule has 28 heavy (non-hydrogen) atoms. The number of nitrogens with zero attached hydrogens (tertiary/aromatic N) is 1. The first-order valence-corrected chi connectivity index (χ1v) is 10.9. The van der Waals surface area contributed by atoms with Gasteiger partial charge in [0.05, 0.1) is 7.11 Å². The summed E-state index contributed by atoms with van der Waals surface area (Å²) in [6, 6.07) is 6.96. The number of carbonyl (C=O) groups is 1. The molecule has 1 aromatic carbocycles. The molecule has 3 rings (SSSR count). The monoisotopic (exact) mass is 405 g/mol. The number of sulfonamides is 1. The van der Waals surface area contributed by atoms with Gasteiger partial charge < -0.3 is 15.0 Å². The van der Waals surface area contributed by atoms with E-state index in [-0.39, 0.29) is 16.5 Å². The van der Waals surface area contributed by atoms with Crippen LogP contribution in [0, 0.1) is 13.8 Å². The molecule has 0 unspecified atom stereocenters. The van der Waals surface area contributed by atoms with Crippen molar-refractivity contribution in [3.63, 3.8) is 0 Å². The quantitative estimate of drug-likeness (QED) is 0.797. The predicted octanol–water partition coefficient (Wildman–Crippen LogP) is 3.46. The summed E-state index contributed by atoms with van der Waals surface area (Å²) in [6.45, 7) is 4.43. The van der Waals surface area contributed by atoms with Crippen LogP contribution in [-0.4, -0.2) is 43.8 Å². The highest BCUT2D eigenvalue weighted by atomic mass is 32.2. The van der Waals surface area contributed by atoms with Crippen LogP contribution in [0.25, 0.3) is 0 Å². The van der Waals surface area contributed by atoms with Crippen LogP contribution in [0.1, 0.15) is 47.4 Å². The maximum Gasteiger partial charge on any atom is 0.272 e. The zero-order valence-electron chi connectivity index (χ0n) is 16.5. The number of aryl methyl sites for hydroxylation is 1. The summed E-state index contributed by atoms with van der Waals surface area (Å²) in [5.41, 5.74) is 1.81. The number of hydrogen-bond donors (Lipinski definition) is 2. The molecule has 7 nitrogen and oxygen atoms in total. The van der Waals surface area contributed by atoms with Crippen molar-refractivity contribution in [2.24, 2.45) is 0 Å². The minimum absolute atomic E-state index is 0.217. The first-order chi connectivity index (χ1) is 13.3. The van der Waals surface area contributed by atoms with Crippen LogP contribution in [0.4, 0.5) is 5.69 Å². The van der Waals surface area contributed by atoms with Crippen LogP contribution in [0.2, 0.25) is 0 Å². The highest BCUT2D eigenvalue weighted by Gasteiger charge is 2.32. The molecule has 0 bridgehead atoms. The van der Waals surface area contributed by atoms with Crippen LogP contribution in [0.15, 0.2) is 29.2 Å². The van der Waals surface area contributed by atoms with E-state index in [0.29, 0.717) is 35.8 Å². The van der Waals surface area contributed by atoms with Gasteiger partial charge in [0.1, 0.15) is 16.3 Å². The van der Waals surface area contributed by atoms with E-state index in [0.717, 1.165) is 25.7 Å². The normalized spacial score (nSPS) is 15.8. The Morgan fingerprint density at radius 3 is 2.25 bits per heavy atom. The molecule has 152 valence electrons. The fourth-order valence-electron chi connectivity index (χ4n) is 3.63. The molecule has 1 saturated heterocycles. The third-order valence-electron chi connectivity index (χ3n) is 5.11. The molecule has 1 aliphatic rings. The Morgan fingerprint density at radius 1 is 1.07 bits per heavy atom. The summed E-state index contributed by atoms with van der Waals surface area (Å²) in [6.07, 6.45) is 3.83. The number of nitrogens with one attached hydrogen (secondary N) is 2. The van der Waals surface area contributed by atoms with Crippen LogP contribution >= 0.6 is 0 Å². The minimum Gasteiger partial charge on any atom is -0.497 e. The molecule has 2 heterocycles. The Morgan fingerprint density at radius 2 is 1.68 bits per heavy atom. The second-order valence-electron chi connectivity index (χ2n) is 7.08. The van der Waals surface area contributed by atoms with Gasteiger partial charge in [-0.2, -0.15) is 4.31 Å². The fraction of sp³-hybridized carbons (Fsp3) is 0.450. The van der Waals surface area contributed by atoms with Gasteiger partial charge in [0, 0.05) is 24.5 Å². The highest BCUT2D eigenvalue weighted by molar-refractivity contribution is 7.89. The number of benzene rings is 1. The number of rotatable bonds is 5. The van der Waals surface area contributed by atoms with Crippen LogP contribution < -0.4 is 10.1 Å². The smallest absolute Gasteiger partial charge is 0.272 e. The molecule has 2 N–H and O–H groups in total. The van der Waals surface area contributed by atoms with Crippen LogP contribution in [0.3, 0.4) is 0 Å². The Hall–Kier alpha value is -2.32. The number of hydrogen-bond acceptors (Lipinski definition) is 4. The molecule has 1 aliphatic heterocycles. The van der Waals surface area contributed by atoms with E-state index < -0.39 is 10.0 Å². The number of methoxy groups -OCH3 is 1. The van der Waals surface area contributed by atoms with Crippen molar-refractivity contribution >= 4 is 21.6 Å². The zero-order valence-corrected chi connectivity index (χ0v) is 17.4. The Kier molecular flexibility index (Phi) is 6.10. The largest absolute Gasteiger partial charge is 0.497 e.